The van der Waals surface area contributed by atoms with Crippen molar-refractivity contribution in [2.45, 2.75) is 76.3 Å². The summed E-state index contributed by atoms with van der Waals surface area (Å²) in [6.07, 6.45) is 7.33. The molecule has 4 heteroatoms. The van der Waals surface area contributed by atoms with Gasteiger partial charge in [-0.25, -0.2) is 0 Å². The Morgan fingerprint density at radius 2 is 1.88 bits per heavy atom. The van der Waals surface area contributed by atoms with E-state index < -0.39 is 18.0 Å². The van der Waals surface area contributed by atoms with E-state index in [2.05, 4.69) is 18.8 Å². The van der Waals surface area contributed by atoms with Crippen molar-refractivity contribution in [3.8, 4) is 11.8 Å². The second-order valence-corrected chi connectivity index (χ2v) is 8.50. The lowest BCUT2D eigenvalue weighted by molar-refractivity contribution is -0.344. The van der Waals surface area contributed by atoms with Crippen LogP contribution in [0.5, 0.6) is 0 Å². The number of rotatable bonds is 2. The van der Waals surface area contributed by atoms with Gasteiger partial charge in [-0.15, -0.1) is 0 Å². The number of ether oxygens (including phenoxy) is 2. The van der Waals surface area contributed by atoms with Gasteiger partial charge in [0.2, 0.25) is 0 Å². The van der Waals surface area contributed by atoms with Gasteiger partial charge in [-0.3, -0.25) is 0 Å². The van der Waals surface area contributed by atoms with Crippen molar-refractivity contribution in [2.24, 2.45) is 23.2 Å². The van der Waals surface area contributed by atoms with Gasteiger partial charge in [0, 0.05) is 11.8 Å². The standard InChI is InChI=1S/C20H30O4/c1-19-9-8-18(22)16(17(19)13-20(19)23-10-11-24-20)7-6-15(21)12-14-4-2-3-5-14/h14-18,21-22H,2-5,8-13H2,1H3/t15-,16+,17+,18+,19-/m1/s1. The smallest absolute Gasteiger partial charge is 0.174 e. The zero-order valence-electron chi connectivity index (χ0n) is 14.7. The summed E-state index contributed by atoms with van der Waals surface area (Å²) in [4.78, 5) is 0. The maximum atomic E-state index is 10.5. The highest BCUT2D eigenvalue weighted by molar-refractivity contribution is 5.21. The summed E-state index contributed by atoms with van der Waals surface area (Å²) in [5.74, 6) is 6.71. The molecule has 3 saturated carbocycles. The monoisotopic (exact) mass is 334 g/mol. The molecule has 0 aromatic carbocycles. The minimum atomic E-state index is -0.554. The van der Waals surface area contributed by atoms with Crippen LogP contribution in [0.4, 0.5) is 0 Å². The van der Waals surface area contributed by atoms with Crippen molar-refractivity contribution in [1.29, 1.82) is 0 Å². The van der Waals surface area contributed by atoms with E-state index >= 15 is 0 Å². The van der Waals surface area contributed by atoms with Crippen LogP contribution >= 0.6 is 0 Å². The highest BCUT2D eigenvalue weighted by Crippen LogP contribution is 2.66. The minimum absolute atomic E-state index is 0.0571. The SMILES string of the molecule is C[C@@]12CC[C@H](O)[C@@H](C#C[C@@H](O)CC3CCCC3)[C@@H]1CC21OCCO1. The van der Waals surface area contributed by atoms with E-state index in [-0.39, 0.29) is 11.3 Å². The fraction of sp³-hybridized carbons (Fsp3) is 0.900. The first-order chi connectivity index (χ1) is 11.5. The Labute approximate surface area is 144 Å². The van der Waals surface area contributed by atoms with Crippen LogP contribution in [0, 0.1) is 35.0 Å². The summed E-state index contributed by atoms with van der Waals surface area (Å²) in [6, 6.07) is 0. The van der Waals surface area contributed by atoms with Crippen molar-refractivity contribution in [1.82, 2.24) is 0 Å². The average molecular weight is 334 g/mol. The van der Waals surface area contributed by atoms with Gasteiger partial charge >= 0.3 is 0 Å². The Kier molecular flexibility index (Phi) is 4.41. The molecule has 1 spiro atoms. The molecule has 4 rings (SSSR count). The molecule has 0 amide bonds. The van der Waals surface area contributed by atoms with Gasteiger partial charge in [0.25, 0.3) is 0 Å². The molecule has 24 heavy (non-hydrogen) atoms. The lowest BCUT2D eigenvalue weighted by atomic mass is 9.47. The third-order valence-electron chi connectivity index (χ3n) is 7.19. The summed E-state index contributed by atoms with van der Waals surface area (Å²) in [5, 5.41) is 20.7. The molecule has 0 aromatic rings. The molecule has 0 unspecified atom stereocenters. The predicted octanol–water partition coefficient (Wildman–Crippen LogP) is 2.47. The number of hydrogen-bond donors (Lipinski definition) is 2. The highest BCUT2D eigenvalue weighted by atomic mass is 16.7. The Hall–Kier alpha value is -0.600. The van der Waals surface area contributed by atoms with Crippen molar-refractivity contribution in [3.05, 3.63) is 0 Å². The molecule has 4 nitrogen and oxygen atoms in total. The number of aliphatic hydroxyl groups excluding tert-OH is 2. The zero-order chi connectivity index (χ0) is 16.8. The molecule has 0 radical (unpaired) electrons. The van der Waals surface area contributed by atoms with Gasteiger partial charge < -0.3 is 19.7 Å². The van der Waals surface area contributed by atoms with Crippen LogP contribution in [0.25, 0.3) is 0 Å². The summed E-state index contributed by atoms with van der Waals surface area (Å²) in [5.41, 5.74) is -0.0571. The Balaban J connectivity index is 1.44. The lowest BCUT2D eigenvalue weighted by Gasteiger charge is -2.64. The number of aliphatic hydroxyl groups is 2. The van der Waals surface area contributed by atoms with Gasteiger partial charge in [0.05, 0.1) is 25.2 Å². The van der Waals surface area contributed by atoms with Crippen LogP contribution in [0.1, 0.15) is 58.3 Å². The van der Waals surface area contributed by atoms with Crippen LogP contribution in [-0.4, -0.2) is 41.4 Å². The van der Waals surface area contributed by atoms with Crippen LogP contribution in [0.2, 0.25) is 0 Å². The first-order valence-corrected chi connectivity index (χ1v) is 9.69. The third-order valence-corrected chi connectivity index (χ3v) is 7.19. The number of hydrogen-bond acceptors (Lipinski definition) is 4. The van der Waals surface area contributed by atoms with Gasteiger partial charge in [-0.05, 0) is 31.1 Å². The number of fused-ring (bicyclic) bond motifs is 2. The van der Waals surface area contributed by atoms with Gasteiger partial charge in [-0.1, -0.05) is 44.4 Å². The van der Waals surface area contributed by atoms with Crippen LogP contribution in [-0.2, 0) is 9.47 Å². The fourth-order valence-electron chi connectivity index (χ4n) is 5.61. The third kappa shape index (κ3) is 2.61. The topological polar surface area (TPSA) is 58.9 Å². The van der Waals surface area contributed by atoms with Crippen molar-refractivity contribution < 1.29 is 19.7 Å². The lowest BCUT2D eigenvalue weighted by Crippen LogP contribution is -2.67. The summed E-state index contributed by atoms with van der Waals surface area (Å²) >= 11 is 0. The van der Waals surface area contributed by atoms with E-state index in [1.807, 2.05) is 0 Å². The van der Waals surface area contributed by atoms with E-state index in [4.69, 9.17) is 9.47 Å². The average Bonchev–Trinajstić information content (AvgIpc) is 3.23. The molecule has 5 atom stereocenters. The molecule has 0 aromatic heterocycles. The Morgan fingerprint density at radius 3 is 2.58 bits per heavy atom. The molecule has 0 bridgehead atoms. The van der Waals surface area contributed by atoms with E-state index in [0.29, 0.717) is 25.0 Å². The molecule has 4 aliphatic rings. The second kappa shape index (κ2) is 6.29. The molecular formula is C20H30O4. The quantitative estimate of drug-likeness (QED) is 0.762. The second-order valence-electron chi connectivity index (χ2n) is 8.50. The van der Waals surface area contributed by atoms with Gasteiger partial charge in [0.1, 0.15) is 6.10 Å². The van der Waals surface area contributed by atoms with Crippen LogP contribution in [0.3, 0.4) is 0 Å². The fourth-order valence-corrected chi connectivity index (χ4v) is 5.61. The summed E-state index contributed by atoms with van der Waals surface area (Å²) < 4.78 is 11.9. The van der Waals surface area contributed by atoms with E-state index in [9.17, 15) is 10.2 Å². The van der Waals surface area contributed by atoms with E-state index in [0.717, 1.165) is 25.7 Å². The molecule has 1 saturated heterocycles. The van der Waals surface area contributed by atoms with Crippen molar-refractivity contribution >= 4 is 0 Å². The predicted molar refractivity (Wildman–Crippen MR) is 89.9 cm³/mol. The zero-order valence-corrected chi connectivity index (χ0v) is 14.7. The largest absolute Gasteiger partial charge is 0.392 e. The Morgan fingerprint density at radius 1 is 1.17 bits per heavy atom. The van der Waals surface area contributed by atoms with Gasteiger partial charge in [0.15, 0.2) is 5.79 Å². The molecule has 1 heterocycles. The molecule has 134 valence electrons. The minimum Gasteiger partial charge on any atom is -0.392 e. The summed E-state index contributed by atoms with van der Waals surface area (Å²) in [6.45, 7) is 3.56. The van der Waals surface area contributed by atoms with E-state index in [1.165, 1.54) is 25.7 Å². The molecule has 2 N–H and O–H groups in total. The maximum Gasteiger partial charge on any atom is 0.174 e. The first-order valence-electron chi connectivity index (χ1n) is 9.69. The van der Waals surface area contributed by atoms with Crippen LogP contribution < -0.4 is 0 Å². The normalized spacial score (nSPS) is 42.2. The first kappa shape index (κ1) is 16.8. The molecule has 4 fully saturated rings. The molecule has 1 aliphatic heterocycles. The highest BCUT2D eigenvalue weighted by Gasteiger charge is 2.69. The summed E-state index contributed by atoms with van der Waals surface area (Å²) in [7, 11) is 0. The van der Waals surface area contributed by atoms with Gasteiger partial charge in [-0.2, -0.15) is 0 Å². The van der Waals surface area contributed by atoms with Crippen LogP contribution in [0.15, 0.2) is 0 Å². The Bertz CT molecular complexity index is 523. The maximum absolute atomic E-state index is 10.5. The van der Waals surface area contributed by atoms with Crippen molar-refractivity contribution in [2.75, 3.05) is 13.2 Å². The van der Waals surface area contributed by atoms with Crippen molar-refractivity contribution in [3.63, 3.8) is 0 Å². The molecular weight excluding hydrogens is 304 g/mol. The molecule has 3 aliphatic carbocycles. The van der Waals surface area contributed by atoms with E-state index in [1.54, 1.807) is 0 Å².